The lowest BCUT2D eigenvalue weighted by Crippen LogP contribution is -2.35. The van der Waals surface area contributed by atoms with Crippen molar-refractivity contribution in [1.82, 2.24) is 24.5 Å². The summed E-state index contributed by atoms with van der Waals surface area (Å²) < 4.78 is 47.1. The van der Waals surface area contributed by atoms with Gasteiger partial charge in [-0.15, -0.1) is 0 Å². The highest BCUT2D eigenvalue weighted by molar-refractivity contribution is 6.02. The first-order chi connectivity index (χ1) is 16.9. The normalized spacial score (nSPS) is 14.8. The Morgan fingerprint density at radius 2 is 1.83 bits per heavy atom. The van der Waals surface area contributed by atoms with Crippen molar-refractivity contribution in [3.63, 3.8) is 0 Å². The molecule has 0 bridgehead atoms. The van der Waals surface area contributed by atoms with E-state index in [4.69, 9.17) is 4.74 Å². The standard InChI is InChI=1S/C24H21F3N6O2/c25-24(26,27)18-6-2-1-5-17(18)19-8-9-22-28-14-20(33(22)31-19)23(34)30-21-7-3-4-16(29-21)15-32-10-12-35-13-11-32/h1-9,14H,10-13,15H2,(H,29,30,34). The smallest absolute Gasteiger partial charge is 0.379 e. The molecule has 1 saturated heterocycles. The van der Waals surface area contributed by atoms with Gasteiger partial charge >= 0.3 is 6.18 Å². The molecule has 0 saturated carbocycles. The molecule has 0 atom stereocenters. The monoisotopic (exact) mass is 482 g/mol. The van der Waals surface area contributed by atoms with E-state index in [9.17, 15) is 18.0 Å². The second-order valence-electron chi connectivity index (χ2n) is 8.03. The molecule has 3 aromatic heterocycles. The van der Waals surface area contributed by atoms with Crippen molar-refractivity contribution < 1.29 is 22.7 Å². The molecule has 1 fully saturated rings. The second kappa shape index (κ2) is 9.43. The van der Waals surface area contributed by atoms with Gasteiger partial charge in [0.2, 0.25) is 0 Å². The number of hydrogen-bond donors (Lipinski definition) is 1. The number of nitrogens with one attached hydrogen (secondary N) is 1. The van der Waals surface area contributed by atoms with Gasteiger partial charge in [0.1, 0.15) is 5.82 Å². The average molecular weight is 482 g/mol. The predicted molar refractivity (Wildman–Crippen MR) is 122 cm³/mol. The number of benzene rings is 1. The molecule has 0 unspecified atom stereocenters. The molecule has 1 aliphatic heterocycles. The van der Waals surface area contributed by atoms with Gasteiger partial charge < -0.3 is 10.1 Å². The van der Waals surface area contributed by atoms with Crippen LogP contribution in [0.5, 0.6) is 0 Å². The molecule has 1 aromatic carbocycles. The van der Waals surface area contributed by atoms with Crippen LogP contribution in [0.15, 0.2) is 60.8 Å². The summed E-state index contributed by atoms with van der Waals surface area (Å²) in [5, 5.41) is 7.03. The van der Waals surface area contributed by atoms with Gasteiger partial charge in [-0.05, 0) is 30.3 Å². The van der Waals surface area contributed by atoms with Gasteiger partial charge in [0.05, 0.1) is 36.4 Å². The first-order valence-electron chi connectivity index (χ1n) is 11.0. The summed E-state index contributed by atoms with van der Waals surface area (Å²) in [6.45, 7) is 3.60. The topological polar surface area (TPSA) is 84.7 Å². The molecule has 180 valence electrons. The van der Waals surface area contributed by atoms with E-state index < -0.39 is 17.6 Å². The van der Waals surface area contributed by atoms with Crippen LogP contribution in [0.1, 0.15) is 21.7 Å². The third kappa shape index (κ3) is 5.00. The number of imidazole rings is 1. The number of rotatable bonds is 5. The summed E-state index contributed by atoms with van der Waals surface area (Å²) >= 11 is 0. The van der Waals surface area contributed by atoms with Gasteiger partial charge in [-0.3, -0.25) is 9.69 Å². The molecule has 0 aliphatic carbocycles. The molecule has 5 rings (SSSR count). The van der Waals surface area contributed by atoms with E-state index >= 15 is 0 Å². The van der Waals surface area contributed by atoms with Crippen molar-refractivity contribution >= 4 is 17.4 Å². The van der Waals surface area contributed by atoms with Crippen molar-refractivity contribution in [2.75, 3.05) is 31.6 Å². The quantitative estimate of drug-likeness (QED) is 0.465. The number of fused-ring (bicyclic) bond motifs is 1. The van der Waals surface area contributed by atoms with Crippen LogP contribution >= 0.6 is 0 Å². The van der Waals surface area contributed by atoms with Crippen LogP contribution in [0.4, 0.5) is 19.0 Å². The van der Waals surface area contributed by atoms with Crippen LogP contribution in [0, 0.1) is 0 Å². The van der Waals surface area contributed by atoms with E-state index in [2.05, 4.69) is 25.3 Å². The fourth-order valence-corrected chi connectivity index (χ4v) is 3.93. The van der Waals surface area contributed by atoms with E-state index in [0.717, 1.165) is 24.8 Å². The Hall–Kier alpha value is -3.83. The number of ether oxygens (including phenoxy) is 1. The highest BCUT2D eigenvalue weighted by Crippen LogP contribution is 2.36. The molecule has 1 aliphatic rings. The van der Waals surface area contributed by atoms with Crippen LogP contribution in [-0.2, 0) is 17.5 Å². The number of alkyl halides is 3. The Kier molecular flexibility index (Phi) is 6.18. The zero-order valence-corrected chi connectivity index (χ0v) is 18.5. The van der Waals surface area contributed by atoms with E-state index in [1.165, 1.54) is 41.0 Å². The molecule has 35 heavy (non-hydrogen) atoms. The third-order valence-corrected chi connectivity index (χ3v) is 5.64. The van der Waals surface area contributed by atoms with Crippen molar-refractivity contribution in [2.45, 2.75) is 12.7 Å². The lowest BCUT2D eigenvalue weighted by atomic mass is 10.0. The Bertz CT molecular complexity index is 1360. The molecular weight excluding hydrogens is 461 g/mol. The SMILES string of the molecule is O=C(Nc1cccc(CN2CCOCC2)n1)c1cnc2ccc(-c3ccccc3C(F)(F)F)nn12. The zero-order valence-electron chi connectivity index (χ0n) is 18.5. The molecule has 0 radical (unpaired) electrons. The summed E-state index contributed by atoms with van der Waals surface area (Å²) in [5.41, 5.74) is 0.387. The maximum Gasteiger partial charge on any atom is 0.417 e. The van der Waals surface area contributed by atoms with Crippen LogP contribution in [0.2, 0.25) is 0 Å². The Morgan fingerprint density at radius 1 is 1.03 bits per heavy atom. The molecule has 11 heteroatoms. The number of morpholine rings is 1. The van der Waals surface area contributed by atoms with Gasteiger partial charge in [-0.1, -0.05) is 24.3 Å². The molecule has 0 spiro atoms. The largest absolute Gasteiger partial charge is 0.417 e. The number of hydrogen-bond acceptors (Lipinski definition) is 6. The molecular formula is C24H21F3N6O2. The number of carbonyl (C=O) groups excluding carboxylic acids is 1. The van der Waals surface area contributed by atoms with Gasteiger partial charge in [0.25, 0.3) is 5.91 Å². The summed E-state index contributed by atoms with van der Waals surface area (Å²) in [6.07, 6.45) is -3.21. The van der Waals surface area contributed by atoms with Crippen LogP contribution < -0.4 is 5.32 Å². The Morgan fingerprint density at radius 3 is 2.63 bits per heavy atom. The fraction of sp³-hybridized carbons (Fsp3) is 0.250. The first kappa shape index (κ1) is 22.9. The number of anilines is 1. The van der Waals surface area contributed by atoms with Gasteiger partial charge in [-0.25, -0.2) is 14.5 Å². The highest BCUT2D eigenvalue weighted by atomic mass is 19.4. The van der Waals surface area contributed by atoms with E-state index in [1.54, 1.807) is 12.1 Å². The number of carbonyl (C=O) groups is 1. The second-order valence-corrected chi connectivity index (χ2v) is 8.03. The van der Waals surface area contributed by atoms with Crippen LogP contribution in [0.3, 0.4) is 0 Å². The first-order valence-corrected chi connectivity index (χ1v) is 11.0. The Balaban J connectivity index is 1.40. The molecule has 8 nitrogen and oxygen atoms in total. The highest BCUT2D eigenvalue weighted by Gasteiger charge is 2.33. The zero-order chi connectivity index (χ0) is 24.4. The average Bonchev–Trinajstić information content (AvgIpc) is 3.28. The maximum atomic E-state index is 13.5. The number of aromatic nitrogens is 4. The summed E-state index contributed by atoms with van der Waals surface area (Å²) in [6, 6.07) is 13.5. The van der Waals surface area contributed by atoms with Crippen molar-refractivity contribution in [2.24, 2.45) is 0 Å². The summed E-state index contributed by atoms with van der Waals surface area (Å²) in [5.74, 6) is -0.170. The van der Waals surface area contributed by atoms with Crippen LogP contribution in [0.25, 0.3) is 16.9 Å². The number of amides is 1. The summed E-state index contributed by atoms with van der Waals surface area (Å²) in [4.78, 5) is 23.9. The number of pyridine rings is 1. The van der Waals surface area contributed by atoms with E-state index in [0.29, 0.717) is 31.2 Å². The van der Waals surface area contributed by atoms with Gasteiger partial charge in [-0.2, -0.15) is 18.3 Å². The minimum absolute atomic E-state index is 0.0723. The van der Waals surface area contributed by atoms with Crippen molar-refractivity contribution in [3.8, 4) is 11.3 Å². The fourth-order valence-electron chi connectivity index (χ4n) is 3.93. The number of nitrogens with zero attached hydrogens (tertiary/aromatic N) is 5. The lowest BCUT2D eigenvalue weighted by molar-refractivity contribution is -0.137. The molecule has 4 heterocycles. The molecule has 4 aromatic rings. The third-order valence-electron chi connectivity index (χ3n) is 5.64. The van der Waals surface area contributed by atoms with Crippen LogP contribution in [-0.4, -0.2) is 56.7 Å². The van der Waals surface area contributed by atoms with Gasteiger partial charge in [0.15, 0.2) is 11.3 Å². The van der Waals surface area contributed by atoms with Gasteiger partial charge in [0, 0.05) is 25.2 Å². The van der Waals surface area contributed by atoms with E-state index in [1.807, 2.05) is 6.07 Å². The maximum absolute atomic E-state index is 13.5. The van der Waals surface area contributed by atoms with E-state index in [-0.39, 0.29) is 17.0 Å². The van der Waals surface area contributed by atoms with Crippen molar-refractivity contribution in [3.05, 3.63) is 77.7 Å². The molecule has 1 N–H and O–H groups in total. The number of halogens is 3. The predicted octanol–water partition coefficient (Wildman–Crippen LogP) is 3.89. The lowest BCUT2D eigenvalue weighted by Gasteiger charge is -2.26. The summed E-state index contributed by atoms with van der Waals surface area (Å²) in [7, 11) is 0. The van der Waals surface area contributed by atoms with Crippen molar-refractivity contribution in [1.29, 1.82) is 0 Å². The minimum Gasteiger partial charge on any atom is -0.379 e. The Labute approximate surface area is 198 Å². The minimum atomic E-state index is -4.54. The molecule has 1 amide bonds.